The summed E-state index contributed by atoms with van der Waals surface area (Å²) < 4.78 is 4.66. The van der Waals surface area contributed by atoms with Gasteiger partial charge in [0.2, 0.25) is 0 Å². The van der Waals surface area contributed by atoms with Gasteiger partial charge in [-0.2, -0.15) is 0 Å². The smallest absolute Gasteiger partial charge is 0.379 e. The first-order valence-corrected chi connectivity index (χ1v) is 5.11. The van der Waals surface area contributed by atoms with Crippen LogP contribution in [0.2, 0.25) is 0 Å². The summed E-state index contributed by atoms with van der Waals surface area (Å²) in [4.78, 5) is 24.6. The van der Waals surface area contributed by atoms with Gasteiger partial charge in [-0.05, 0) is 13.3 Å². The van der Waals surface area contributed by atoms with Gasteiger partial charge in [0.15, 0.2) is 0 Å². The lowest BCUT2D eigenvalue weighted by atomic mass is 10.1. The topological polar surface area (TPSA) is 46.6 Å². The maximum absolute atomic E-state index is 11.6. The van der Waals surface area contributed by atoms with Crippen LogP contribution >= 0.6 is 0 Å². The van der Waals surface area contributed by atoms with E-state index in [0.717, 1.165) is 6.42 Å². The van der Waals surface area contributed by atoms with Crippen LogP contribution in [-0.2, 0) is 14.3 Å². The second kappa shape index (κ2) is 7.04. The van der Waals surface area contributed by atoms with E-state index in [1.54, 1.807) is 18.0 Å². The van der Waals surface area contributed by atoms with E-state index in [9.17, 15) is 9.59 Å². The summed E-state index contributed by atoms with van der Waals surface area (Å²) in [6.07, 6.45) is 3.09. The van der Waals surface area contributed by atoms with Crippen LogP contribution in [0.15, 0.2) is 11.8 Å². The van der Waals surface area contributed by atoms with Crippen molar-refractivity contribution in [1.29, 1.82) is 0 Å². The summed E-state index contributed by atoms with van der Waals surface area (Å²) in [7, 11) is 3.63. The van der Waals surface area contributed by atoms with Crippen LogP contribution in [0.1, 0.15) is 26.7 Å². The fraction of sp³-hybridized carbons (Fsp3) is 0.636. The predicted octanol–water partition coefficient (Wildman–Crippen LogP) is 1.36. The highest BCUT2D eigenvalue weighted by atomic mass is 16.5. The Morgan fingerprint density at radius 2 is 1.87 bits per heavy atom. The van der Waals surface area contributed by atoms with E-state index < -0.39 is 11.8 Å². The summed E-state index contributed by atoms with van der Waals surface area (Å²) in [6, 6.07) is 0. The van der Waals surface area contributed by atoms with E-state index >= 15 is 0 Å². The molecule has 0 aromatic carbocycles. The number of hydrogen-bond donors (Lipinski definition) is 0. The van der Waals surface area contributed by atoms with Crippen molar-refractivity contribution in [2.24, 2.45) is 0 Å². The quantitative estimate of drug-likeness (QED) is 0.380. The molecule has 0 unspecified atom stereocenters. The van der Waals surface area contributed by atoms with Crippen LogP contribution in [0, 0.1) is 0 Å². The molecule has 0 aliphatic carbocycles. The Morgan fingerprint density at radius 1 is 1.27 bits per heavy atom. The first-order valence-electron chi connectivity index (χ1n) is 5.11. The summed E-state index contributed by atoms with van der Waals surface area (Å²) in [6.45, 7) is 3.87. The largest absolute Gasteiger partial charge is 0.460 e. The molecule has 0 saturated heterocycles. The predicted molar refractivity (Wildman–Crippen MR) is 58.3 cm³/mol. The Kier molecular flexibility index (Phi) is 6.42. The minimum atomic E-state index is -0.765. The van der Waals surface area contributed by atoms with Crippen LogP contribution in [0.4, 0.5) is 0 Å². The van der Waals surface area contributed by atoms with Crippen LogP contribution in [0.3, 0.4) is 0 Å². The summed E-state index contributed by atoms with van der Waals surface area (Å²) in [5.74, 6) is -1.30. The second-order valence-corrected chi connectivity index (χ2v) is 3.42. The van der Waals surface area contributed by atoms with Gasteiger partial charge in [0, 0.05) is 25.9 Å². The zero-order chi connectivity index (χ0) is 11.8. The van der Waals surface area contributed by atoms with Gasteiger partial charge in [-0.3, -0.25) is 4.79 Å². The molecule has 4 nitrogen and oxygen atoms in total. The minimum Gasteiger partial charge on any atom is -0.460 e. The van der Waals surface area contributed by atoms with Crippen LogP contribution in [-0.4, -0.2) is 37.4 Å². The van der Waals surface area contributed by atoms with Gasteiger partial charge in [0.25, 0.3) is 5.78 Å². The van der Waals surface area contributed by atoms with Crippen LogP contribution in [0.5, 0.6) is 0 Å². The molecular formula is C11H19NO3. The highest BCUT2D eigenvalue weighted by Crippen LogP contribution is 2.08. The third-order valence-electron chi connectivity index (χ3n) is 1.69. The minimum absolute atomic E-state index is 0.228. The van der Waals surface area contributed by atoms with E-state index in [0.29, 0.717) is 12.0 Å². The molecule has 86 valence electrons. The monoisotopic (exact) mass is 213 g/mol. The second-order valence-electron chi connectivity index (χ2n) is 3.42. The molecule has 0 spiro atoms. The average Bonchev–Trinajstić information content (AvgIpc) is 2.16. The van der Waals surface area contributed by atoms with E-state index in [1.807, 2.05) is 21.0 Å². The zero-order valence-corrected chi connectivity index (χ0v) is 9.87. The van der Waals surface area contributed by atoms with Crippen molar-refractivity contribution in [1.82, 2.24) is 4.90 Å². The lowest BCUT2D eigenvalue weighted by molar-refractivity contribution is -0.151. The van der Waals surface area contributed by atoms with Crippen molar-refractivity contribution in [2.45, 2.75) is 26.7 Å². The van der Waals surface area contributed by atoms with Crippen molar-refractivity contribution in [2.75, 3.05) is 20.7 Å². The summed E-state index contributed by atoms with van der Waals surface area (Å²) in [5, 5.41) is 0. The number of rotatable bonds is 6. The van der Waals surface area contributed by atoms with Gasteiger partial charge in [0.05, 0.1) is 6.61 Å². The van der Waals surface area contributed by atoms with Crippen molar-refractivity contribution >= 4 is 11.8 Å². The first kappa shape index (κ1) is 13.7. The van der Waals surface area contributed by atoms with E-state index in [1.165, 1.54) is 0 Å². The molecular weight excluding hydrogens is 194 g/mol. The maximum Gasteiger partial charge on any atom is 0.379 e. The lowest BCUT2D eigenvalue weighted by Gasteiger charge is -2.09. The zero-order valence-electron chi connectivity index (χ0n) is 9.87. The van der Waals surface area contributed by atoms with Gasteiger partial charge in [-0.25, -0.2) is 4.79 Å². The molecule has 4 heteroatoms. The SMILES string of the molecule is CCC/C(=C\N(C)C)C(=O)C(=O)OCC. The van der Waals surface area contributed by atoms with Crippen molar-refractivity contribution in [3.63, 3.8) is 0 Å². The summed E-state index contributed by atoms with van der Waals surface area (Å²) >= 11 is 0. The molecule has 15 heavy (non-hydrogen) atoms. The molecule has 0 aromatic rings. The molecule has 0 atom stereocenters. The number of hydrogen-bond acceptors (Lipinski definition) is 4. The van der Waals surface area contributed by atoms with Crippen molar-refractivity contribution < 1.29 is 14.3 Å². The third kappa shape index (κ3) is 5.20. The summed E-state index contributed by atoms with van der Waals surface area (Å²) in [5.41, 5.74) is 0.501. The molecule has 0 heterocycles. The fourth-order valence-electron chi connectivity index (χ4n) is 1.15. The molecule has 0 aliphatic rings. The Balaban J connectivity index is 4.62. The Hall–Kier alpha value is -1.32. The third-order valence-corrected chi connectivity index (χ3v) is 1.69. The van der Waals surface area contributed by atoms with Crippen molar-refractivity contribution in [3.05, 3.63) is 11.8 Å². The number of nitrogens with zero attached hydrogens (tertiary/aromatic N) is 1. The van der Waals surface area contributed by atoms with E-state index in [4.69, 9.17) is 0 Å². The molecule has 0 radical (unpaired) electrons. The van der Waals surface area contributed by atoms with Gasteiger partial charge in [-0.15, -0.1) is 0 Å². The Bertz CT molecular complexity index is 257. The van der Waals surface area contributed by atoms with E-state index in [2.05, 4.69) is 4.74 Å². The number of esters is 1. The average molecular weight is 213 g/mol. The molecule has 0 bridgehead atoms. The van der Waals surface area contributed by atoms with Crippen LogP contribution in [0.25, 0.3) is 0 Å². The van der Waals surface area contributed by atoms with Gasteiger partial charge >= 0.3 is 5.97 Å². The van der Waals surface area contributed by atoms with Gasteiger partial charge < -0.3 is 9.64 Å². The number of Topliss-reactive ketones (excluding diaryl/α,β-unsaturated/α-hetero) is 1. The number of ether oxygens (including phenoxy) is 1. The molecule has 0 aliphatic heterocycles. The van der Waals surface area contributed by atoms with Gasteiger partial charge in [0.1, 0.15) is 0 Å². The Morgan fingerprint density at radius 3 is 2.27 bits per heavy atom. The molecule has 0 N–H and O–H groups in total. The molecule has 0 fully saturated rings. The standard InChI is InChI=1S/C11H19NO3/c1-5-7-9(8-12(3)4)10(13)11(14)15-6-2/h8H,5-7H2,1-4H3/b9-8+. The molecule has 0 saturated carbocycles. The van der Waals surface area contributed by atoms with Crippen molar-refractivity contribution in [3.8, 4) is 0 Å². The van der Waals surface area contributed by atoms with E-state index in [-0.39, 0.29) is 6.61 Å². The first-order chi connectivity index (χ1) is 7.02. The highest BCUT2D eigenvalue weighted by molar-refractivity contribution is 6.40. The Labute approximate surface area is 90.9 Å². The molecule has 0 amide bonds. The normalized spacial score (nSPS) is 11.1. The van der Waals surface area contributed by atoms with Crippen LogP contribution < -0.4 is 0 Å². The number of ketones is 1. The maximum atomic E-state index is 11.6. The van der Waals surface area contributed by atoms with Gasteiger partial charge in [-0.1, -0.05) is 13.3 Å². The fourth-order valence-corrected chi connectivity index (χ4v) is 1.15. The lowest BCUT2D eigenvalue weighted by Crippen LogP contribution is -2.21. The molecule has 0 rings (SSSR count). The number of carbonyl (C=O) groups is 2. The number of carbonyl (C=O) groups excluding carboxylic acids is 2. The highest BCUT2D eigenvalue weighted by Gasteiger charge is 2.19. The molecule has 0 aromatic heterocycles.